The number of amides is 1. The van der Waals surface area contributed by atoms with Gasteiger partial charge in [0.1, 0.15) is 12.2 Å². The Morgan fingerprint density at radius 3 is 2.46 bits per heavy atom. The largest absolute Gasteiger partial charge is 0.460 e. The van der Waals surface area contributed by atoms with Crippen molar-refractivity contribution >= 4 is 17.7 Å². The van der Waals surface area contributed by atoms with Gasteiger partial charge in [0, 0.05) is 18.7 Å². The van der Waals surface area contributed by atoms with Crippen molar-refractivity contribution in [2.45, 2.75) is 38.8 Å². The molecule has 1 aliphatic rings. The third-order valence-electron chi connectivity index (χ3n) is 3.71. The van der Waals surface area contributed by atoms with E-state index in [1.165, 1.54) is 29.2 Å². The summed E-state index contributed by atoms with van der Waals surface area (Å²) in [6.07, 6.45) is 0.0415. The van der Waals surface area contributed by atoms with E-state index in [1.54, 1.807) is 20.8 Å². The number of nitro groups is 1. The first kappa shape index (κ1) is 19.4. The Balaban J connectivity index is 1.97. The van der Waals surface area contributed by atoms with Crippen molar-refractivity contribution in [1.82, 2.24) is 4.90 Å². The van der Waals surface area contributed by atoms with Gasteiger partial charge in [0.05, 0.1) is 16.5 Å². The van der Waals surface area contributed by atoms with Crippen LogP contribution in [0.5, 0.6) is 0 Å². The number of carbonyl (C=O) groups excluding carboxylic acids is 2. The van der Waals surface area contributed by atoms with Crippen LogP contribution in [0.4, 0.5) is 10.5 Å². The van der Waals surface area contributed by atoms with E-state index in [2.05, 4.69) is 6.58 Å². The van der Waals surface area contributed by atoms with E-state index in [9.17, 15) is 19.7 Å². The second-order valence-corrected chi connectivity index (χ2v) is 7.12. The van der Waals surface area contributed by atoms with Crippen molar-refractivity contribution in [3.8, 4) is 0 Å². The molecule has 1 aromatic rings. The minimum absolute atomic E-state index is 0.00587. The SMILES string of the molecule is C=C1C[C@@H](COC(=O)c2ccc([N+](=O)[O-])cc2)N(C(=O)OC(C)(C)C)C1. The lowest BCUT2D eigenvalue weighted by Gasteiger charge is -2.28. The first-order chi connectivity index (χ1) is 12.1. The van der Waals surface area contributed by atoms with E-state index in [1.807, 2.05) is 0 Å². The van der Waals surface area contributed by atoms with Gasteiger partial charge in [0.15, 0.2) is 0 Å². The monoisotopic (exact) mass is 362 g/mol. The Hall–Kier alpha value is -2.90. The van der Waals surface area contributed by atoms with Crippen LogP contribution in [0.1, 0.15) is 37.6 Å². The number of esters is 1. The molecular weight excluding hydrogens is 340 g/mol. The molecule has 1 saturated heterocycles. The van der Waals surface area contributed by atoms with Gasteiger partial charge in [-0.3, -0.25) is 15.0 Å². The normalized spacial score (nSPS) is 17.1. The topological polar surface area (TPSA) is 99.0 Å². The number of hydrogen-bond donors (Lipinski definition) is 0. The molecule has 0 saturated carbocycles. The van der Waals surface area contributed by atoms with Gasteiger partial charge in [0.25, 0.3) is 5.69 Å². The quantitative estimate of drug-likeness (QED) is 0.353. The Bertz CT molecular complexity index is 720. The first-order valence-corrected chi connectivity index (χ1v) is 8.14. The Labute approximate surface area is 151 Å². The zero-order valence-electron chi connectivity index (χ0n) is 15.1. The summed E-state index contributed by atoms with van der Waals surface area (Å²) in [7, 11) is 0. The molecule has 1 amide bonds. The number of non-ortho nitro benzene ring substituents is 1. The van der Waals surface area contributed by atoms with Gasteiger partial charge in [-0.1, -0.05) is 12.2 Å². The summed E-state index contributed by atoms with van der Waals surface area (Å²) in [5.41, 5.74) is 0.328. The fourth-order valence-electron chi connectivity index (χ4n) is 2.54. The maximum Gasteiger partial charge on any atom is 0.410 e. The van der Waals surface area contributed by atoms with Crippen molar-refractivity contribution in [3.63, 3.8) is 0 Å². The van der Waals surface area contributed by atoms with Crippen LogP contribution in [0.2, 0.25) is 0 Å². The summed E-state index contributed by atoms with van der Waals surface area (Å²) in [4.78, 5) is 36.0. The lowest BCUT2D eigenvalue weighted by molar-refractivity contribution is -0.384. The smallest absolute Gasteiger partial charge is 0.410 e. The van der Waals surface area contributed by atoms with E-state index in [0.717, 1.165) is 5.57 Å². The number of benzene rings is 1. The predicted molar refractivity (Wildman–Crippen MR) is 93.9 cm³/mol. The van der Waals surface area contributed by atoms with Crippen molar-refractivity contribution in [2.24, 2.45) is 0 Å². The van der Waals surface area contributed by atoms with Crippen LogP contribution in [-0.2, 0) is 9.47 Å². The maximum atomic E-state index is 12.3. The van der Waals surface area contributed by atoms with Crippen LogP contribution in [0.25, 0.3) is 0 Å². The number of carbonyl (C=O) groups is 2. The molecule has 1 atom stereocenters. The van der Waals surface area contributed by atoms with Crippen molar-refractivity contribution in [2.75, 3.05) is 13.2 Å². The number of nitrogens with zero attached hydrogens (tertiary/aromatic N) is 2. The summed E-state index contributed by atoms with van der Waals surface area (Å²) >= 11 is 0. The molecule has 1 fully saturated rings. The van der Waals surface area contributed by atoms with E-state index in [0.29, 0.717) is 13.0 Å². The zero-order chi connectivity index (χ0) is 19.5. The Kier molecular flexibility index (Phi) is 5.64. The first-order valence-electron chi connectivity index (χ1n) is 8.14. The van der Waals surface area contributed by atoms with Crippen LogP contribution in [0.15, 0.2) is 36.4 Å². The van der Waals surface area contributed by atoms with Gasteiger partial charge in [-0.25, -0.2) is 9.59 Å². The molecule has 8 nitrogen and oxygen atoms in total. The molecule has 0 aromatic heterocycles. The summed E-state index contributed by atoms with van der Waals surface area (Å²) < 4.78 is 10.6. The highest BCUT2D eigenvalue weighted by Crippen LogP contribution is 2.24. The lowest BCUT2D eigenvalue weighted by Crippen LogP contribution is -2.42. The number of rotatable bonds is 4. The molecule has 0 spiro atoms. The van der Waals surface area contributed by atoms with E-state index in [-0.39, 0.29) is 23.9 Å². The summed E-state index contributed by atoms with van der Waals surface area (Å²) in [5, 5.41) is 10.6. The standard InChI is InChI=1S/C18H22N2O6/c1-12-9-15(19(10-12)17(22)26-18(2,3)4)11-25-16(21)13-5-7-14(8-6-13)20(23)24/h5-8,15H,1,9-11H2,2-4H3/t15-/m0/s1. The predicted octanol–water partition coefficient (Wildman–Crippen LogP) is 3.32. The van der Waals surface area contributed by atoms with Crippen molar-refractivity contribution in [3.05, 3.63) is 52.1 Å². The summed E-state index contributed by atoms with van der Waals surface area (Å²) in [6.45, 7) is 9.57. The molecule has 26 heavy (non-hydrogen) atoms. The fourth-order valence-corrected chi connectivity index (χ4v) is 2.54. The molecule has 0 bridgehead atoms. The van der Waals surface area contributed by atoms with Gasteiger partial charge in [-0.2, -0.15) is 0 Å². The molecule has 1 heterocycles. The van der Waals surface area contributed by atoms with Crippen LogP contribution in [-0.4, -0.2) is 46.7 Å². The van der Waals surface area contributed by atoms with Crippen LogP contribution < -0.4 is 0 Å². The van der Waals surface area contributed by atoms with Gasteiger partial charge in [-0.05, 0) is 39.3 Å². The Morgan fingerprint density at radius 1 is 1.31 bits per heavy atom. The van der Waals surface area contributed by atoms with Crippen LogP contribution in [0.3, 0.4) is 0 Å². The highest BCUT2D eigenvalue weighted by atomic mass is 16.6. The molecule has 0 aliphatic carbocycles. The lowest BCUT2D eigenvalue weighted by atomic mass is 10.2. The molecule has 8 heteroatoms. The zero-order valence-corrected chi connectivity index (χ0v) is 15.1. The van der Waals surface area contributed by atoms with Gasteiger partial charge in [-0.15, -0.1) is 0 Å². The molecule has 140 valence electrons. The highest BCUT2D eigenvalue weighted by molar-refractivity contribution is 5.89. The molecule has 1 aromatic carbocycles. The van der Waals surface area contributed by atoms with Gasteiger partial charge >= 0.3 is 12.1 Å². The van der Waals surface area contributed by atoms with E-state index in [4.69, 9.17) is 9.47 Å². The van der Waals surface area contributed by atoms with Crippen LogP contribution >= 0.6 is 0 Å². The highest BCUT2D eigenvalue weighted by Gasteiger charge is 2.34. The molecule has 0 N–H and O–H groups in total. The van der Waals surface area contributed by atoms with Crippen molar-refractivity contribution in [1.29, 1.82) is 0 Å². The third kappa shape index (κ3) is 5.05. The number of nitro benzene ring substituents is 1. The second-order valence-electron chi connectivity index (χ2n) is 7.12. The number of hydrogen-bond acceptors (Lipinski definition) is 6. The van der Waals surface area contributed by atoms with Gasteiger partial charge < -0.3 is 9.47 Å². The summed E-state index contributed by atoms with van der Waals surface area (Å²) in [5.74, 6) is -0.610. The summed E-state index contributed by atoms with van der Waals surface area (Å²) in [6, 6.07) is 4.79. The molecule has 0 unspecified atom stereocenters. The number of ether oxygens (including phenoxy) is 2. The second kappa shape index (κ2) is 7.55. The maximum absolute atomic E-state index is 12.3. The van der Waals surface area contributed by atoms with Gasteiger partial charge in [0.2, 0.25) is 0 Å². The number of likely N-dealkylation sites (tertiary alicyclic amines) is 1. The fraction of sp³-hybridized carbons (Fsp3) is 0.444. The molecule has 2 rings (SSSR count). The van der Waals surface area contributed by atoms with Crippen molar-refractivity contribution < 1.29 is 24.0 Å². The molecular formula is C18H22N2O6. The average Bonchev–Trinajstić information content (AvgIpc) is 2.92. The third-order valence-corrected chi connectivity index (χ3v) is 3.71. The Morgan fingerprint density at radius 2 is 1.92 bits per heavy atom. The molecule has 0 radical (unpaired) electrons. The minimum Gasteiger partial charge on any atom is -0.460 e. The minimum atomic E-state index is -0.624. The van der Waals surface area contributed by atoms with Crippen LogP contribution in [0, 0.1) is 10.1 Å². The average molecular weight is 362 g/mol. The van der Waals surface area contributed by atoms with E-state index < -0.39 is 22.6 Å². The van der Waals surface area contributed by atoms with E-state index >= 15 is 0 Å². The molecule has 1 aliphatic heterocycles.